The summed E-state index contributed by atoms with van der Waals surface area (Å²) in [6.45, 7) is 2.56. The Kier molecular flexibility index (Phi) is 4.06. The van der Waals surface area contributed by atoms with Crippen LogP contribution in [0.2, 0.25) is 0 Å². The number of pyridine rings is 2. The fourth-order valence-electron chi connectivity index (χ4n) is 1.52. The van der Waals surface area contributed by atoms with Gasteiger partial charge in [0.05, 0.1) is 9.40 Å². The van der Waals surface area contributed by atoms with Gasteiger partial charge >= 0.3 is 0 Å². The van der Waals surface area contributed by atoms with E-state index in [1.54, 1.807) is 12.4 Å². The fourth-order valence-corrected chi connectivity index (χ4v) is 2.00. The van der Waals surface area contributed by atoms with Crippen molar-refractivity contribution in [2.45, 2.75) is 13.5 Å². The van der Waals surface area contributed by atoms with Gasteiger partial charge in [0.25, 0.3) is 5.69 Å². The van der Waals surface area contributed by atoms with Crippen molar-refractivity contribution in [1.29, 1.82) is 0 Å². The molecule has 0 fully saturated rings. The lowest BCUT2D eigenvalue weighted by molar-refractivity contribution is -0.385. The van der Waals surface area contributed by atoms with E-state index in [0.717, 1.165) is 11.1 Å². The molecule has 98 valence electrons. The third-order valence-electron chi connectivity index (χ3n) is 2.63. The zero-order valence-corrected chi connectivity index (χ0v) is 11.7. The van der Waals surface area contributed by atoms with Crippen molar-refractivity contribution in [3.05, 3.63) is 56.4 Å². The van der Waals surface area contributed by atoms with Crippen LogP contribution in [-0.2, 0) is 6.54 Å². The first-order chi connectivity index (χ1) is 9.08. The molecule has 0 saturated heterocycles. The molecule has 2 heterocycles. The summed E-state index contributed by atoms with van der Waals surface area (Å²) >= 11 is 3.26. The Morgan fingerprint density at radius 3 is 2.89 bits per heavy atom. The van der Waals surface area contributed by atoms with Gasteiger partial charge in [-0.05, 0) is 40.0 Å². The molecule has 19 heavy (non-hydrogen) atoms. The molecule has 0 unspecified atom stereocenters. The monoisotopic (exact) mass is 322 g/mol. The second-order valence-corrected chi connectivity index (χ2v) is 4.79. The molecule has 0 amide bonds. The van der Waals surface area contributed by atoms with Crippen molar-refractivity contribution < 1.29 is 4.92 Å². The van der Waals surface area contributed by atoms with Crippen LogP contribution in [-0.4, -0.2) is 14.9 Å². The Morgan fingerprint density at radius 2 is 2.26 bits per heavy atom. The maximum Gasteiger partial charge on any atom is 0.288 e. The molecule has 0 aliphatic heterocycles. The number of nitrogens with zero attached hydrogens (tertiary/aromatic N) is 3. The summed E-state index contributed by atoms with van der Waals surface area (Å²) in [6.07, 6.45) is 4.74. The van der Waals surface area contributed by atoms with E-state index in [-0.39, 0.29) is 5.69 Å². The molecule has 0 bridgehead atoms. The summed E-state index contributed by atoms with van der Waals surface area (Å²) in [5, 5.41) is 13.7. The van der Waals surface area contributed by atoms with Gasteiger partial charge in [0.1, 0.15) is 12.0 Å². The minimum absolute atomic E-state index is 0.0463. The van der Waals surface area contributed by atoms with E-state index < -0.39 is 4.92 Å². The zero-order valence-electron chi connectivity index (χ0n) is 10.1. The van der Waals surface area contributed by atoms with Crippen molar-refractivity contribution in [2.75, 3.05) is 5.32 Å². The van der Waals surface area contributed by atoms with Gasteiger partial charge in [-0.1, -0.05) is 0 Å². The predicted octanol–water partition coefficient (Wildman–Crippen LogP) is 3.07. The summed E-state index contributed by atoms with van der Waals surface area (Å²) < 4.78 is 0.559. The third-order valence-corrected chi connectivity index (χ3v) is 3.24. The second kappa shape index (κ2) is 5.75. The van der Waals surface area contributed by atoms with Crippen LogP contribution in [0, 0.1) is 17.0 Å². The molecular formula is C12H11BrN4O2. The number of anilines is 1. The zero-order chi connectivity index (χ0) is 13.8. The molecule has 0 atom stereocenters. The minimum atomic E-state index is -0.479. The normalized spacial score (nSPS) is 10.2. The number of aromatic nitrogens is 2. The maximum absolute atomic E-state index is 10.6. The lowest BCUT2D eigenvalue weighted by Gasteiger charge is -2.08. The number of nitro groups is 1. The van der Waals surface area contributed by atoms with Gasteiger partial charge in [0, 0.05) is 25.0 Å². The average Bonchev–Trinajstić information content (AvgIpc) is 2.39. The number of hydrogen-bond donors (Lipinski definition) is 1. The van der Waals surface area contributed by atoms with E-state index >= 15 is 0 Å². The van der Waals surface area contributed by atoms with E-state index in [4.69, 9.17) is 0 Å². The van der Waals surface area contributed by atoms with Gasteiger partial charge in [-0.15, -0.1) is 0 Å². The Balaban J connectivity index is 2.12. The van der Waals surface area contributed by atoms with Crippen LogP contribution in [0.5, 0.6) is 0 Å². The predicted molar refractivity (Wildman–Crippen MR) is 74.9 cm³/mol. The van der Waals surface area contributed by atoms with Crippen LogP contribution >= 0.6 is 15.9 Å². The lowest BCUT2D eigenvalue weighted by atomic mass is 10.1. The van der Waals surface area contributed by atoms with E-state index in [9.17, 15) is 10.1 Å². The lowest BCUT2D eigenvalue weighted by Crippen LogP contribution is -2.04. The SMILES string of the molecule is Cc1ccncc1CNc1ncc([N+](=O)[O-])cc1Br. The molecule has 0 spiro atoms. The van der Waals surface area contributed by atoms with Crippen LogP contribution in [0.25, 0.3) is 0 Å². The van der Waals surface area contributed by atoms with Gasteiger partial charge < -0.3 is 5.32 Å². The Bertz CT molecular complexity index is 618. The van der Waals surface area contributed by atoms with Crippen molar-refractivity contribution >= 4 is 27.4 Å². The average molecular weight is 323 g/mol. The molecule has 0 aliphatic carbocycles. The van der Waals surface area contributed by atoms with Gasteiger partial charge in [-0.25, -0.2) is 4.98 Å². The molecular weight excluding hydrogens is 312 g/mol. The minimum Gasteiger partial charge on any atom is -0.365 e. The number of nitrogens with one attached hydrogen (secondary N) is 1. The number of aryl methyl sites for hydroxylation is 1. The first-order valence-electron chi connectivity index (χ1n) is 5.51. The van der Waals surface area contributed by atoms with E-state index in [1.807, 2.05) is 13.0 Å². The van der Waals surface area contributed by atoms with Crippen LogP contribution in [0.1, 0.15) is 11.1 Å². The summed E-state index contributed by atoms with van der Waals surface area (Å²) in [7, 11) is 0. The quantitative estimate of drug-likeness (QED) is 0.691. The smallest absolute Gasteiger partial charge is 0.288 e. The highest BCUT2D eigenvalue weighted by Crippen LogP contribution is 2.24. The molecule has 2 aromatic heterocycles. The summed E-state index contributed by atoms with van der Waals surface area (Å²) in [5.41, 5.74) is 2.13. The summed E-state index contributed by atoms with van der Waals surface area (Å²) in [4.78, 5) is 18.2. The van der Waals surface area contributed by atoms with E-state index in [2.05, 4.69) is 31.2 Å². The number of rotatable bonds is 4. The van der Waals surface area contributed by atoms with Crippen LogP contribution < -0.4 is 5.32 Å². The molecule has 0 aliphatic rings. The Labute approximate surface area is 118 Å². The molecule has 0 saturated carbocycles. The van der Waals surface area contributed by atoms with Gasteiger partial charge in [0.2, 0.25) is 0 Å². The van der Waals surface area contributed by atoms with E-state index in [1.165, 1.54) is 12.3 Å². The van der Waals surface area contributed by atoms with Crippen molar-refractivity contribution in [3.8, 4) is 0 Å². The Morgan fingerprint density at radius 1 is 1.47 bits per heavy atom. The topological polar surface area (TPSA) is 81.0 Å². The highest BCUT2D eigenvalue weighted by atomic mass is 79.9. The highest BCUT2D eigenvalue weighted by molar-refractivity contribution is 9.10. The fraction of sp³-hybridized carbons (Fsp3) is 0.167. The van der Waals surface area contributed by atoms with Crippen LogP contribution in [0.3, 0.4) is 0 Å². The van der Waals surface area contributed by atoms with Crippen molar-refractivity contribution in [1.82, 2.24) is 9.97 Å². The molecule has 1 N–H and O–H groups in total. The highest BCUT2D eigenvalue weighted by Gasteiger charge is 2.10. The van der Waals surface area contributed by atoms with Gasteiger partial charge in [-0.3, -0.25) is 15.1 Å². The standard InChI is InChI=1S/C12H11BrN4O2/c1-8-2-3-14-5-9(8)6-15-12-11(13)4-10(7-16-12)17(18)19/h2-5,7H,6H2,1H3,(H,15,16). The van der Waals surface area contributed by atoms with Gasteiger partial charge in [0.15, 0.2) is 0 Å². The number of halogens is 1. The second-order valence-electron chi connectivity index (χ2n) is 3.94. The maximum atomic E-state index is 10.6. The summed E-state index contributed by atoms with van der Waals surface area (Å²) in [5.74, 6) is 0.564. The molecule has 6 nitrogen and oxygen atoms in total. The number of hydrogen-bond acceptors (Lipinski definition) is 5. The summed E-state index contributed by atoms with van der Waals surface area (Å²) in [6, 6.07) is 3.35. The molecule has 2 rings (SSSR count). The molecule has 2 aromatic rings. The van der Waals surface area contributed by atoms with E-state index in [0.29, 0.717) is 16.8 Å². The first kappa shape index (κ1) is 13.4. The molecule has 7 heteroatoms. The van der Waals surface area contributed by atoms with Crippen LogP contribution in [0.4, 0.5) is 11.5 Å². The largest absolute Gasteiger partial charge is 0.365 e. The Hall–Kier alpha value is -2.02. The van der Waals surface area contributed by atoms with Crippen molar-refractivity contribution in [3.63, 3.8) is 0 Å². The molecule has 0 radical (unpaired) electrons. The third kappa shape index (κ3) is 3.25. The van der Waals surface area contributed by atoms with Gasteiger partial charge in [-0.2, -0.15) is 0 Å². The van der Waals surface area contributed by atoms with Crippen molar-refractivity contribution in [2.24, 2.45) is 0 Å². The molecule has 0 aromatic carbocycles. The first-order valence-corrected chi connectivity index (χ1v) is 6.30. The van der Waals surface area contributed by atoms with Crippen LogP contribution in [0.15, 0.2) is 35.2 Å².